The van der Waals surface area contributed by atoms with Crippen LogP contribution in [0.5, 0.6) is 0 Å². The monoisotopic (exact) mass is 160 g/mol. The molecule has 0 N–H and O–H groups in total. The molecule has 0 atom stereocenters. The largest absolute Gasteiger partial charge is 0.435 e. The molecule has 0 aromatic carbocycles. The first-order valence-electron chi connectivity index (χ1n) is 3.04. The van der Waals surface area contributed by atoms with E-state index in [1.54, 1.807) is 0 Å². The fourth-order valence-electron chi connectivity index (χ4n) is 0.733. The van der Waals surface area contributed by atoms with E-state index in [2.05, 4.69) is 4.74 Å². The number of rotatable bonds is 2. The van der Waals surface area contributed by atoms with Gasteiger partial charge in [-0.3, -0.25) is 4.79 Å². The zero-order chi connectivity index (χ0) is 8.27. The van der Waals surface area contributed by atoms with Gasteiger partial charge in [0.2, 0.25) is 0 Å². The summed E-state index contributed by atoms with van der Waals surface area (Å²) in [4.78, 5) is 10.6. The van der Waals surface area contributed by atoms with Crippen LogP contribution in [0, 0.1) is 0 Å². The predicted octanol–water partition coefficient (Wildman–Crippen LogP) is 1.64. The van der Waals surface area contributed by atoms with E-state index in [-0.39, 0.29) is 18.0 Å². The summed E-state index contributed by atoms with van der Waals surface area (Å²) >= 11 is 0. The Bertz CT molecular complexity index is 218. The minimum atomic E-state index is -2.86. The summed E-state index contributed by atoms with van der Waals surface area (Å²) in [6.07, 6.45) is 4.16. The summed E-state index contributed by atoms with van der Waals surface area (Å²) in [5.74, 6) is -0.292. The Morgan fingerprint density at radius 2 is 2.27 bits per heavy atom. The summed E-state index contributed by atoms with van der Waals surface area (Å²) in [5, 5.41) is 0. The van der Waals surface area contributed by atoms with Crippen molar-refractivity contribution in [2.24, 2.45) is 0 Å². The number of carbonyl (C=O) groups is 1. The highest BCUT2D eigenvalue weighted by molar-refractivity contribution is 5.92. The highest BCUT2D eigenvalue weighted by Crippen LogP contribution is 2.11. The Hall–Kier alpha value is -1.19. The zero-order valence-corrected chi connectivity index (χ0v) is 5.59. The average Bonchev–Trinajstić information content (AvgIpc) is 1.85. The first kappa shape index (κ1) is 7.91. The van der Waals surface area contributed by atoms with Gasteiger partial charge in [-0.05, 0) is 6.08 Å². The fraction of sp³-hybridized carbons (Fsp3) is 0.286. The molecule has 0 heterocycles. The number of alkyl halides is 2. The molecule has 0 unspecified atom stereocenters. The van der Waals surface area contributed by atoms with Gasteiger partial charge >= 0.3 is 6.61 Å². The molecule has 4 heteroatoms. The van der Waals surface area contributed by atoms with Crippen molar-refractivity contribution in [2.45, 2.75) is 13.0 Å². The molecule has 0 aromatic heterocycles. The molecule has 11 heavy (non-hydrogen) atoms. The van der Waals surface area contributed by atoms with Crippen molar-refractivity contribution in [3.63, 3.8) is 0 Å². The lowest BCUT2D eigenvalue weighted by Gasteiger charge is -2.06. The van der Waals surface area contributed by atoms with Gasteiger partial charge in [0.15, 0.2) is 5.78 Å². The lowest BCUT2D eigenvalue weighted by Crippen LogP contribution is -2.03. The Morgan fingerprint density at radius 1 is 1.55 bits per heavy atom. The summed E-state index contributed by atoms with van der Waals surface area (Å²) in [6, 6.07) is 0. The van der Waals surface area contributed by atoms with Crippen LogP contribution in [0.2, 0.25) is 0 Å². The van der Waals surface area contributed by atoms with Crippen LogP contribution in [-0.2, 0) is 9.53 Å². The number of carbonyl (C=O) groups excluding carboxylic acids is 1. The van der Waals surface area contributed by atoms with Crippen LogP contribution in [-0.4, -0.2) is 12.4 Å². The van der Waals surface area contributed by atoms with E-state index in [9.17, 15) is 13.6 Å². The summed E-state index contributed by atoms with van der Waals surface area (Å²) < 4.78 is 27.1. The van der Waals surface area contributed by atoms with E-state index in [0.29, 0.717) is 0 Å². The first-order valence-corrected chi connectivity index (χ1v) is 3.04. The van der Waals surface area contributed by atoms with Gasteiger partial charge in [0.1, 0.15) is 5.76 Å². The molecule has 0 amide bonds. The van der Waals surface area contributed by atoms with Gasteiger partial charge in [-0.1, -0.05) is 6.08 Å². The number of ether oxygens (including phenoxy) is 1. The molecule has 60 valence electrons. The quantitative estimate of drug-likeness (QED) is 0.613. The maximum Gasteiger partial charge on any atom is 0.387 e. The van der Waals surface area contributed by atoms with Crippen LogP contribution in [0.4, 0.5) is 8.78 Å². The number of allylic oxidation sites excluding steroid dienone is 3. The van der Waals surface area contributed by atoms with Crippen molar-refractivity contribution >= 4 is 5.78 Å². The van der Waals surface area contributed by atoms with Crippen LogP contribution in [0.1, 0.15) is 6.42 Å². The van der Waals surface area contributed by atoms with Gasteiger partial charge in [-0.25, -0.2) is 0 Å². The standard InChI is InChI=1S/C7H6F2O2/c8-7(9)11-6-3-1-2-5(10)4-6/h1,3-4,7H,2H2. The van der Waals surface area contributed by atoms with E-state index >= 15 is 0 Å². The van der Waals surface area contributed by atoms with Crippen LogP contribution in [0.15, 0.2) is 24.0 Å². The van der Waals surface area contributed by atoms with Crippen molar-refractivity contribution in [1.82, 2.24) is 0 Å². The molecule has 0 radical (unpaired) electrons. The molecule has 0 saturated heterocycles. The van der Waals surface area contributed by atoms with Gasteiger partial charge in [-0.15, -0.1) is 0 Å². The van der Waals surface area contributed by atoms with Crippen LogP contribution >= 0.6 is 0 Å². The molecule has 1 aliphatic carbocycles. The maximum absolute atomic E-state index is 11.5. The first-order chi connectivity index (χ1) is 5.18. The minimum Gasteiger partial charge on any atom is -0.435 e. The Labute approximate surface area is 62.2 Å². The van der Waals surface area contributed by atoms with Crippen molar-refractivity contribution in [3.8, 4) is 0 Å². The highest BCUT2D eigenvalue weighted by atomic mass is 19.3. The second-order valence-electron chi connectivity index (χ2n) is 2.00. The van der Waals surface area contributed by atoms with Gasteiger partial charge in [0, 0.05) is 12.5 Å². The van der Waals surface area contributed by atoms with Crippen LogP contribution in [0.3, 0.4) is 0 Å². The molecule has 0 aliphatic heterocycles. The molecule has 0 spiro atoms. The van der Waals surface area contributed by atoms with E-state index in [1.807, 2.05) is 0 Å². The lowest BCUT2D eigenvalue weighted by molar-refractivity contribution is -0.115. The molecule has 0 fully saturated rings. The lowest BCUT2D eigenvalue weighted by atomic mass is 10.1. The van der Waals surface area contributed by atoms with E-state index < -0.39 is 6.61 Å². The fourth-order valence-corrected chi connectivity index (χ4v) is 0.733. The van der Waals surface area contributed by atoms with Gasteiger partial charge in [-0.2, -0.15) is 8.78 Å². The molecule has 1 rings (SSSR count). The third kappa shape index (κ3) is 2.49. The Morgan fingerprint density at radius 3 is 2.82 bits per heavy atom. The second kappa shape index (κ2) is 3.27. The molecule has 2 nitrogen and oxygen atoms in total. The zero-order valence-electron chi connectivity index (χ0n) is 5.59. The summed E-state index contributed by atoms with van der Waals surface area (Å²) in [6.45, 7) is -2.86. The van der Waals surface area contributed by atoms with Crippen LogP contribution in [0.25, 0.3) is 0 Å². The van der Waals surface area contributed by atoms with E-state index in [1.165, 1.54) is 12.2 Å². The predicted molar refractivity (Wildman–Crippen MR) is 33.9 cm³/mol. The summed E-state index contributed by atoms with van der Waals surface area (Å²) in [7, 11) is 0. The molecular formula is C7H6F2O2. The third-order valence-corrected chi connectivity index (χ3v) is 1.13. The Balaban J connectivity index is 2.57. The number of halogens is 2. The Kier molecular flexibility index (Phi) is 2.36. The third-order valence-electron chi connectivity index (χ3n) is 1.13. The topological polar surface area (TPSA) is 26.3 Å². The van der Waals surface area contributed by atoms with Gasteiger partial charge < -0.3 is 4.74 Å². The van der Waals surface area contributed by atoms with E-state index in [0.717, 1.165) is 6.08 Å². The van der Waals surface area contributed by atoms with Crippen molar-refractivity contribution in [1.29, 1.82) is 0 Å². The number of hydrogen-bond donors (Lipinski definition) is 0. The number of hydrogen-bond acceptors (Lipinski definition) is 2. The van der Waals surface area contributed by atoms with Gasteiger partial charge in [0.05, 0.1) is 0 Å². The summed E-state index contributed by atoms with van der Waals surface area (Å²) in [5.41, 5.74) is 0. The smallest absolute Gasteiger partial charge is 0.387 e. The van der Waals surface area contributed by atoms with Crippen molar-refractivity contribution in [3.05, 3.63) is 24.0 Å². The van der Waals surface area contributed by atoms with E-state index in [4.69, 9.17) is 0 Å². The van der Waals surface area contributed by atoms with Crippen LogP contribution < -0.4 is 0 Å². The molecule has 0 saturated carbocycles. The SMILES string of the molecule is O=C1C=C(OC(F)F)C=CC1. The average molecular weight is 160 g/mol. The van der Waals surface area contributed by atoms with Crippen molar-refractivity contribution in [2.75, 3.05) is 0 Å². The number of ketones is 1. The molecule has 0 bridgehead atoms. The minimum absolute atomic E-state index is 0.0729. The normalized spacial score (nSPS) is 17.0. The molecular weight excluding hydrogens is 154 g/mol. The maximum atomic E-state index is 11.5. The second-order valence-corrected chi connectivity index (χ2v) is 2.00. The highest BCUT2D eigenvalue weighted by Gasteiger charge is 2.09. The molecule has 1 aliphatic rings. The molecule has 0 aromatic rings. The van der Waals surface area contributed by atoms with Crippen molar-refractivity contribution < 1.29 is 18.3 Å². The van der Waals surface area contributed by atoms with Gasteiger partial charge in [0.25, 0.3) is 0 Å².